The lowest BCUT2D eigenvalue weighted by Gasteiger charge is -2.12. The van der Waals surface area contributed by atoms with Crippen LogP contribution in [0.3, 0.4) is 0 Å². The lowest BCUT2D eigenvalue weighted by atomic mass is 10.1. The summed E-state index contributed by atoms with van der Waals surface area (Å²) in [6.45, 7) is 0.338. The van der Waals surface area contributed by atoms with Gasteiger partial charge in [0, 0.05) is 29.9 Å². The largest absolute Gasteiger partial charge is 0.497 e. The van der Waals surface area contributed by atoms with E-state index < -0.39 is 0 Å². The van der Waals surface area contributed by atoms with Crippen LogP contribution in [0, 0.1) is 5.92 Å². The molecule has 1 aliphatic carbocycles. The fraction of sp³-hybridized carbons (Fsp3) is 0.333. The molecule has 1 atom stereocenters. The molecule has 3 rings (SSSR count). The maximum absolute atomic E-state index is 12.1. The number of methoxy groups -OCH3 is 1. The van der Waals surface area contributed by atoms with Crippen molar-refractivity contribution >= 4 is 17.5 Å². The number of ether oxygens (including phenoxy) is 2. The standard InChI is InChI=1S/C21H25N3O4/c1-27-18-4-2-3-16(11-18)24-20(25)13-28-17-9-7-15(8-10-17)21(26)23-12-19(22)14-5-6-14/h2-4,7-11,14,19H,5-6,12-13,22H2,1H3,(H,23,26)(H,24,25). The normalized spacial score (nSPS) is 14.1. The number of rotatable bonds is 9. The van der Waals surface area contributed by atoms with Gasteiger partial charge in [-0.05, 0) is 55.2 Å². The van der Waals surface area contributed by atoms with E-state index in [1.165, 1.54) is 0 Å². The number of carbonyl (C=O) groups excluding carboxylic acids is 2. The van der Waals surface area contributed by atoms with Gasteiger partial charge in [0.1, 0.15) is 11.5 Å². The quantitative estimate of drug-likeness (QED) is 0.616. The minimum Gasteiger partial charge on any atom is -0.497 e. The summed E-state index contributed by atoms with van der Waals surface area (Å²) in [5, 5.41) is 5.59. The molecule has 1 unspecified atom stereocenters. The fourth-order valence-electron chi connectivity index (χ4n) is 2.75. The van der Waals surface area contributed by atoms with Crippen LogP contribution in [0.2, 0.25) is 0 Å². The summed E-state index contributed by atoms with van der Waals surface area (Å²) in [5.41, 5.74) is 7.14. The molecule has 0 heterocycles. The van der Waals surface area contributed by atoms with Gasteiger partial charge in [-0.15, -0.1) is 0 Å². The van der Waals surface area contributed by atoms with Crippen molar-refractivity contribution in [3.8, 4) is 11.5 Å². The first-order valence-electron chi connectivity index (χ1n) is 9.25. The average molecular weight is 383 g/mol. The van der Waals surface area contributed by atoms with Crippen molar-refractivity contribution in [3.63, 3.8) is 0 Å². The predicted octanol–water partition coefficient (Wildman–Crippen LogP) is 2.18. The highest BCUT2D eigenvalue weighted by Gasteiger charge is 2.28. The predicted molar refractivity (Wildman–Crippen MR) is 107 cm³/mol. The van der Waals surface area contributed by atoms with Crippen LogP contribution in [-0.4, -0.2) is 38.1 Å². The van der Waals surface area contributed by atoms with Crippen LogP contribution in [0.4, 0.5) is 5.69 Å². The van der Waals surface area contributed by atoms with Gasteiger partial charge in [-0.2, -0.15) is 0 Å². The monoisotopic (exact) mass is 383 g/mol. The Morgan fingerprint density at radius 1 is 1.14 bits per heavy atom. The van der Waals surface area contributed by atoms with Gasteiger partial charge in [0.15, 0.2) is 6.61 Å². The van der Waals surface area contributed by atoms with Crippen LogP contribution in [0.15, 0.2) is 48.5 Å². The molecule has 2 amide bonds. The van der Waals surface area contributed by atoms with Gasteiger partial charge >= 0.3 is 0 Å². The maximum Gasteiger partial charge on any atom is 0.262 e. The van der Waals surface area contributed by atoms with Crippen LogP contribution in [0.5, 0.6) is 11.5 Å². The number of nitrogens with one attached hydrogen (secondary N) is 2. The second-order valence-electron chi connectivity index (χ2n) is 6.80. The molecule has 4 N–H and O–H groups in total. The van der Waals surface area contributed by atoms with E-state index in [1.807, 2.05) is 0 Å². The van der Waals surface area contributed by atoms with E-state index >= 15 is 0 Å². The van der Waals surface area contributed by atoms with Gasteiger partial charge in [0.25, 0.3) is 11.8 Å². The third-order valence-corrected chi connectivity index (χ3v) is 4.57. The summed E-state index contributed by atoms with van der Waals surface area (Å²) in [5.74, 6) is 1.25. The van der Waals surface area contributed by atoms with Crippen LogP contribution in [0.1, 0.15) is 23.2 Å². The Bertz CT molecular complexity index is 819. The number of benzene rings is 2. The molecular weight excluding hydrogens is 358 g/mol. The summed E-state index contributed by atoms with van der Waals surface area (Å²) < 4.78 is 10.6. The highest BCUT2D eigenvalue weighted by Crippen LogP contribution is 2.31. The van der Waals surface area contributed by atoms with E-state index in [4.69, 9.17) is 15.2 Å². The van der Waals surface area contributed by atoms with Gasteiger partial charge in [0.05, 0.1) is 7.11 Å². The van der Waals surface area contributed by atoms with E-state index in [1.54, 1.807) is 55.6 Å². The van der Waals surface area contributed by atoms with Crippen molar-refractivity contribution in [1.29, 1.82) is 0 Å². The Hall–Kier alpha value is -3.06. The molecule has 0 bridgehead atoms. The van der Waals surface area contributed by atoms with Crippen molar-refractivity contribution < 1.29 is 19.1 Å². The van der Waals surface area contributed by atoms with Crippen molar-refractivity contribution in [2.24, 2.45) is 11.7 Å². The Balaban J connectivity index is 1.44. The number of anilines is 1. The molecule has 7 heteroatoms. The SMILES string of the molecule is COc1cccc(NC(=O)COc2ccc(C(=O)NCC(N)C3CC3)cc2)c1. The van der Waals surface area contributed by atoms with Gasteiger partial charge in [-0.1, -0.05) is 6.07 Å². The molecule has 148 valence electrons. The Kier molecular flexibility index (Phi) is 6.49. The molecule has 0 aliphatic heterocycles. The Morgan fingerprint density at radius 2 is 1.89 bits per heavy atom. The minimum absolute atomic E-state index is 0.0228. The van der Waals surface area contributed by atoms with Crippen LogP contribution in [-0.2, 0) is 4.79 Å². The zero-order chi connectivity index (χ0) is 19.9. The molecule has 2 aromatic carbocycles. The second-order valence-corrected chi connectivity index (χ2v) is 6.80. The summed E-state index contributed by atoms with van der Waals surface area (Å²) in [6.07, 6.45) is 2.29. The van der Waals surface area contributed by atoms with Crippen molar-refractivity contribution in [2.75, 3.05) is 25.6 Å². The molecule has 7 nitrogen and oxygen atoms in total. The van der Waals surface area contributed by atoms with Crippen LogP contribution in [0.25, 0.3) is 0 Å². The van der Waals surface area contributed by atoms with E-state index in [0.717, 1.165) is 12.8 Å². The maximum atomic E-state index is 12.1. The Labute approximate surface area is 164 Å². The molecule has 28 heavy (non-hydrogen) atoms. The fourth-order valence-corrected chi connectivity index (χ4v) is 2.75. The van der Waals surface area contributed by atoms with Gasteiger partial charge in [0.2, 0.25) is 0 Å². The molecule has 0 spiro atoms. The molecule has 1 saturated carbocycles. The van der Waals surface area contributed by atoms with Crippen LogP contribution >= 0.6 is 0 Å². The number of amides is 2. The molecule has 0 radical (unpaired) electrons. The van der Waals surface area contributed by atoms with Gasteiger partial charge in [-0.3, -0.25) is 9.59 Å². The lowest BCUT2D eigenvalue weighted by Crippen LogP contribution is -2.38. The third kappa shape index (κ3) is 5.72. The van der Waals surface area contributed by atoms with Crippen molar-refractivity contribution in [3.05, 3.63) is 54.1 Å². The lowest BCUT2D eigenvalue weighted by molar-refractivity contribution is -0.118. The van der Waals surface area contributed by atoms with Gasteiger partial charge < -0.3 is 25.8 Å². The molecule has 0 aromatic heterocycles. The minimum atomic E-state index is -0.288. The third-order valence-electron chi connectivity index (χ3n) is 4.57. The number of hydrogen-bond donors (Lipinski definition) is 3. The van der Waals surface area contributed by atoms with E-state index in [9.17, 15) is 9.59 Å². The number of hydrogen-bond acceptors (Lipinski definition) is 5. The molecule has 2 aromatic rings. The smallest absolute Gasteiger partial charge is 0.262 e. The topological polar surface area (TPSA) is 103 Å². The molecular formula is C21H25N3O4. The average Bonchev–Trinajstić information content (AvgIpc) is 3.56. The zero-order valence-corrected chi connectivity index (χ0v) is 15.8. The Morgan fingerprint density at radius 3 is 2.57 bits per heavy atom. The highest BCUT2D eigenvalue weighted by atomic mass is 16.5. The van der Waals surface area contributed by atoms with E-state index in [-0.39, 0.29) is 24.5 Å². The molecule has 1 aliphatic rings. The first-order chi connectivity index (χ1) is 13.5. The zero-order valence-electron chi connectivity index (χ0n) is 15.8. The first-order valence-corrected chi connectivity index (χ1v) is 9.25. The summed E-state index contributed by atoms with van der Waals surface area (Å²) >= 11 is 0. The summed E-state index contributed by atoms with van der Waals surface area (Å²) in [7, 11) is 1.56. The summed E-state index contributed by atoms with van der Waals surface area (Å²) in [4.78, 5) is 24.2. The van der Waals surface area contributed by atoms with Gasteiger partial charge in [-0.25, -0.2) is 0 Å². The van der Waals surface area contributed by atoms with Crippen molar-refractivity contribution in [1.82, 2.24) is 5.32 Å². The second kappa shape index (κ2) is 9.23. The van der Waals surface area contributed by atoms with E-state index in [0.29, 0.717) is 35.2 Å². The molecule has 0 saturated heterocycles. The van der Waals surface area contributed by atoms with Crippen LogP contribution < -0.4 is 25.8 Å². The van der Waals surface area contributed by atoms with E-state index in [2.05, 4.69) is 10.6 Å². The highest BCUT2D eigenvalue weighted by molar-refractivity contribution is 5.94. The number of nitrogens with two attached hydrogens (primary N) is 1. The summed E-state index contributed by atoms with van der Waals surface area (Å²) in [6, 6.07) is 13.7. The first kappa shape index (κ1) is 19.7. The van der Waals surface area contributed by atoms with Crippen molar-refractivity contribution in [2.45, 2.75) is 18.9 Å². The number of carbonyl (C=O) groups is 2. The molecule has 1 fully saturated rings.